The Hall–Kier alpha value is -1.77. The molecule has 0 fully saturated rings. The second kappa shape index (κ2) is 3.77. The van der Waals surface area contributed by atoms with Crippen molar-refractivity contribution in [3.8, 4) is 5.75 Å². The van der Waals surface area contributed by atoms with E-state index in [2.05, 4.69) is 24.1 Å². The van der Waals surface area contributed by atoms with Gasteiger partial charge in [0.1, 0.15) is 11.6 Å². The van der Waals surface area contributed by atoms with Crippen LogP contribution in [-0.4, -0.2) is 16.1 Å². The van der Waals surface area contributed by atoms with Crippen LogP contribution in [0.4, 0.5) is 5.82 Å². The van der Waals surface area contributed by atoms with Crippen molar-refractivity contribution in [2.24, 2.45) is 0 Å². The predicted octanol–water partition coefficient (Wildman–Crippen LogP) is 2.76. The molecule has 2 N–H and O–H groups in total. The summed E-state index contributed by atoms with van der Waals surface area (Å²) in [5.41, 5.74) is 0. The van der Waals surface area contributed by atoms with E-state index < -0.39 is 0 Å². The van der Waals surface area contributed by atoms with Gasteiger partial charge in [0.25, 0.3) is 0 Å². The average Bonchev–Trinajstić information content (AvgIpc) is 2.18. The van der Waals surface area contributed by atoms with E-state index in [0.29, 0.717) is 6.04 Å². The van der Waals surface area contributed by atoms with E-state index in [1.807, 2.05) is 12.1 Å². The first-order chi connectivity index (χ1) is 7.16. The van der Waals surface area contributed by atoms with Crippen molar-refractivity contribution >= 4 is 16.6 Å². The van der Waals surface area contributed by atoms with Crippen LogP contribution < -0.4 is 5.32 Å². The number of benzene rings is 1. The zero-order chi connectivity index (χ0) is 10.8. The highest BCUT2D eigenvalue weighted by Crippen LogP contribution is 2.25. The Morgan fingerprint density at radius 3 is 2.80 bits per heavy atom. The first-order valence-electron chi connectivity index (χ1n) is 5.01. The molecule has 0 amide bonds. The standard InChI is InChI=1S/C12H14N2O/c1-8(2)14-12-11-7-10(15)4-3-9(11)5-6-13-12/h3-8,15H,1-2H3,(H,13,14). The minimum Gasteiger partial charge on any atom is -0.508 e. The largest absolute Gasteiger partial charge is 0.508 e. The molecule has 3 heteroatoms. The van der Waals surface area contributed by atoms with Crippen molar-refractivity contribution in [3.63, 3.8) is 0 Å². The van der Waals surface area contributed by atoms with Crippen molar-refractivity contribution in [1.82, 2.24) is 4.98 Å². The molecule has 1 aromatic heterocycles. The molecule has 0 saturated carbocycles. The minimum absolute atomic E-state index is 0.266. The molecule has 3 nitrogen and oxygen atoms in total. The molecule has 1 heterocycles. The van der Waals surface area contributed by atoms with E-state index >= 15 is 0 Å². The van der Waals surface area contributed by atoms with Crippen molar-refractivity contribution in [2.75, 3.05) is 5.32 Å². The Morgan fingerprint density at radius 2 is 2.07 bits per heavy atom. The van der Waals surface area contributed by atoms with Crippen LogP contribution >= 0.6 is 0 Å². The van der Waals surface area contributed by atoms with Gasteiger partial charge in [0.05, 0.1) is 0 Å². The van der Waals surface area contributed by atoms with Crippen molar-refractivity contribution < 1.29 is 5.11 Å². The fraction of sp³-hybridized carbons (Fsp3) is 0.250. The van der Waals surface area contributed by atoms with Gasteiger partial charge in [-0.2, -0.15) is 0 Å². The predicted molar refractivity (Wildman–Crippen MR) is 62.2 cm³/mol. The van der Waals surface area contributed by atoms with Crippen LogP contribution in [0.3, 0.4) is 0 Å². The summed E-state index contributed by atoms with van der Waals surface area (Å²) in [5.74, 6) is 1.08. The zero-order valence-electron chi connectivity index (χ0n) is 8.86. The lowest BCUT2D eigenvalue weighted by Crippen LogP contribution is -2.11. The lowest BCUT2D eigenvalue weighted by Gasteiger charge is -2.11. The third-order valence-electron chi connectivity index (χ3n) is 2.18. The van der Waals surface area contributed by atoms with E-state index in [9.17, 15) is 5.11 Å². The number of phenolic OH excluding ortho intramolecular Hbond substituents is 1. The molecule has 15 heavy (non-hydrogen) atoms. The maximum atomic E-state index is 9.43. The first-order valence-corrected chi connectivity index (χ1v) is 5.01. The Morgan fingerprint density at radius 1 is 1.27 bits per heavy atom. The molecule has 2 rings (SSSR count). The number of fused-ring (bicyclic) bond motifs is 1. The van der Waals surface area contributed by atoms with Crippen LogP contribution in [0.15, 0.2) is 30.5 Å². The molecule has 0 bridgehead atoms. The highest BCUT2D eigenvalue weighted by Gasteiger charge is 2.03. The molecule has 2 aromatic rings. The van der Waals surface area contributed by atoms with Crippen molar-refractivity contribution in [1.29, 1.82) is 0 Å². The smallest absolute Gasteiger partial charge is 0.134 e. The normalized spacial score (nSPS) is 10.9. The SMILES string of the molecule is CC(C)Nc1nccc2ccc(O)cc12. The molecule has 0 aliphatic rings. The number of aromatic hydroxyl groups is 1. The summed E-state index contributed by atoms with van der Waals surface area (Å²) in [6.45, 7) is 4.12. The summed E-state index contributed by atoms with van der Waals surface area (Å²) in [5, 5.41) is 14.7. The van der Waals surface area contributed by atoms with Gasteiger partial charge in [-0.3, -0.25) is 0 Å². The summed E-state index contributed by atoms with van der Waals surface area (Å²) < 4.78 is 0. The van der Waals surface area contributed by atoms with E-state index in [1.54, 1.807) is 18.3 Å². The van der Waals surface area contributed by atoms with Gasteiger partial charge in [0.15, 0.2) is 0 Å². The molecular formula is C12H14N2O. The maximum Gasteiger partial charge on any atom is 0.134 e. The number of aromatic nitrogens is 1. The molecule has 0 spiro atoms. The van der Waals surface area contributed by atoms with Gasteiger partial charge in [-0.1, -0.05) is 6.07 Å². The Balaban J connectivity index is 2.58. The fourth-order valence-corrected chi connectivity index (χ4v) is 1.54. The molecule has 0 atom stereocenters. The Labute approximate surface area is 88.8 Å². The number of rotatable bonds is 2. The third-order valence-corrected chi connectivity index (χ3v) is 2.18. The van der Waals surface area contributed by atoms with Crippen LogP contribution in [-0.2, 0) is 0 Å². The zero-order valence-corrected chi connectivity index (χ0v) is 8.86. The molecule has 0 saturated heterocycles. The molecule has 78 valence electrons. The monoisotopic (exact) mass is 202 g/mol. The summed E-state index contributed by atoms with van der Waals surface area (Å²) in [6.07, 6.45) is 1.77. The number of pyridine rings is 1. The lowest BCUT2D eigenvalue weighted by atomic mass is 10.1. The van der Waals surface area contributed by atoms with Gasteiger partial charge in [0, 0.05) is 17.6 Å². The quantitative estimate of drug-likeness (QED) is 0.787. The highest BCUT2D eigenvalue weighted by atomic mass is 16.3. The van der Waals surface area contributed by atoms with E-state index in [-0.39, 0.29) is 5.75 Å². The third kappa shape index (κ3) is 2.01. The summed E-state index contributed by atoms with van der Waals surface area (Å²) in [4.78, 5) is 4.27. The maximum absolute atomic E-state index is 9.43. The lowest BCUT2D eigenvalue weighted by molar-refractivity contribution is 0.476. The van der Waals surface area contributed by atoms with Gasteiger partial charge >= 0.3 is 0 Å². The molecule has 0 radical (unpaired) electrons. The summed E-state index contributed by atoms with van der Waals surface area (Å²) >= 11 is 0. The van der Waals surface area contributed by atoms with Gasteiger partial charge in [0.2, 0.25) is 0 Å². The van der Waals surface area contributed by atoms with Crippen LogP contribution in [0.2, 0.25) is 0 Å². The Bertz CT molecular complexity index is 480. The van der Waals surface area contributed by atoms with Crippen LogP contribution in [0, 0.1) is 0 Å². The second-order valence-corrected chi connectivity index (χ2v) is 3.86. The number of hydrogen-bond acceptors (Lipinski definition) is 3. The topological polar surface area (TPSA) is 45.2 Å². The highest BCUT2D eigenvalue weighted by molar-refractivity contribution is 5.92. The van der Waals surface area contributed by atoms with E-state index in [0.717, 1.165) is 16.6 Å². The summed E-state index contributed by atoms with van der Waals surface area (Å²) in [7, 11) is 0. The summed E-state index contributed by atoms with van der Waals surface area (Å²) in [6, 6.07) is 7.55. The number of anilines is 1. The first kappa shape index (κ1) is 9.77. The fourth-order valence-electron chi connectivity index (χ4n) is 1.54. The van der Waals surface area contributed by atoms with Gasteiger partial charge < -0.3 is 10.4 Å². The van der Waals surface area contributed by atoms with Gasteiger partial charge in [-0.15, -0.1) is 0 Å². The Kier molecular flexibility index (Phi) is 2.46. The second-order valence-electron chi connectivity index (χ2n) is 3.86. The van der Waals surface area contributed by atoms with Crippen LogP contribution in [0.5, 0.6) is 5.75 Å². The number of phenols is 1. The minimum atomic E-state index is 0.266. The number of hydrogen-bond donors (Lipinski definition) is 2. The number of nitrogens with one attached hydrogen (secondary N) is 1. The van der Waals surface area contributed by atoms with E-state index in [4.69, 9.17) is 0 Å². The average molecular weight is 202 g/mol. The number of nitrogens with zero attached hydrogens (tertiary/aromatic N) is 1. The van der Waals surface area contributed by atoms with E-state index in [1.165, 1.54) is 0 Å². The van der Waals surface area contributed by atoms with Crippen LogP contribution in [0.25, 0.3) is 10.8 Å². The van der Waals surface area contributed by atoms with Crippen LogP contribution in [0.1, 0.15) is 13.8 Å². The molecule has 0 unspecified atom stereocenters. The molecule has 0 aliphatic heterocycles. The van der Waals surface area contributed by atoms with Gasteiger partial charge in [-0.25, -0.2) is 4.98 Å². The molecule has 1 aromatic carbocycles. The van der Waals surface area contributed by atoms with Gasteiger partial charge in [-0.05, 0) is 37.4 Å². The molecular weight excluding hydrogens is 188 g/mol. The molecule has 0 aliphatic carbocycles. The van der Waals surface area contributed by atoms with Crippen molar-refractivity contribution in [2.45, 2.75) is 19.9 Å². The van der Waals surface area contributed by atoms with Crippen molar-refractivity contribution in [3.05, 3.63) is 30.5 Å².